The van der Waals surface area contributed by atoms with Gasteiger partial charge in [0.25, 0.3) is 0 Å². The Morgan fingerprint density at radius 1 is 1.12 bits per heavy atom. The Hall–Kier alpha value is -2.43. The number of hydrogen-bond acceptors (Lipinski definition) is 6. The largest absolute Gasteiger partial charge is 0.370 e. The van der Waals surface area contributed by atoms with Gasteiger partial charge in [-0.2, -0.15) is 0 Å². The van der Waals surface area contributed by atoms with Crippen LogP contribution in [-0.4, -0.2) is 62.6 Å². The number of allylic oxidation sites excluding steroid dienone is 3. The number of hydrogen-bond donors (Lipinski definition) is 7. The number of amides is 2. The molecule has 0 aliphatic heterocycles. The van der Waals surface area contributed by atoms with E-state index in [9.17, 15) is 9.59 Å². The third kappa shape index (κ3) is 13.0. The fraction of sp³-hybridized carbons (Fsp3) is 0.696. The zero-order chi connectivity index (χ0) is 24.5. The van der Waals surface area contributed by atoms with Crippen molar-refractivity contribution < 1.29 is 9.59 Å². The second-order valence-electron chi connectivity index (χ2n) is 8.52. The summed E-state index contributed by atoms with van der Waals surface area (Å²) in [6.45, 7) is 5.51. The molecule has 0 fully saturated rings. The number of nitrogens with two attached hydrogens (primary N) is 4. The lowest BCUT2D eigenvalue weighted by atomic mass is 9.88. The van der Waals surface area contributed by atoms with Gasteiger partial charge in [-0.05, 0) is 70.5 Å². The highest BCUT2D eigenvalue weighted by molar-refractivity contribution is 5.89. The number of aliphatic imine (C=N–C) groups is 1. The van der Waals surface area contributed by atoms with E-state index in [1.807, 2.05) is 12.2 Å². The molecule has 0 saturated heterocycles. The Morgan fingerprint density at radius 3 is 2.58 bits per heavy atom. The van der Waals surface area contributed by atoms with Crippen molar-refractivity contribution in [1.29, 1.82) is 0 Å². The average Bonchev–Trinajstić information content (AvgIpc) is 2.78. The average molecular weight is 465 g/mol. The van der Waals surface area contributed by atoms with Crippen LogP contribution < -0.4 is 38.9 Å². The van der Waals surface area contributed by atoms with E-state index in [-0.39, 0.29) is 17.8 Å². The van der Waals surface area contributed by atoms with Gasteiger partial charge in [0.15, 0.2) is 5.96 Å². The number of carbonyl (C=O) groups excluding carboxylic acids is 2. The highest BCUT2D eigenvalue weighted by Gasteiger charge is 2.26. The molecule has 0 aromatic heterocycles. The first kappa shape index (κ1) is 28.6. The molecule has 2 unspecified atom stereocenters. The number of guanidine groups is 1. The van der Waals surface area contributed by atoms with Crippen molar-refractivity contribution >= 4 is 17.8 Å². The lowest BCUT2D eigenvalue weighted by Crippen LogP contribution is -2.52. The first-order valence-electron chi connectivity index (χ1n) is 12.0. The molecule has 1 aliphatic carbocycles. The standard InChI is InChI=1S/C23H44N8O2/c1-17-8-2-3-9-18(17)16-20(22(33)29-15-7-13-28-12-5-4-11-24)31-21(32)19(25)10-6-14-30-23(26)27/h2-3,9,17,19-20,28H,4-8,10-16,24-25H2,1H3,(H,29,33)(H,31,32)(H4,26,27,30)/t17-,19?,20?/m0/s1. The smallest absolute Gasteiger partial charge is 0.242 e. The van der Waals surface area contributed by atoms with Gasteiger partial charge < -0.3 is 38.9 Å². The molecular weight excluding hydrogens is 420 g/mol. The van der Waals surface area contributed by atoms with Crippen molar-refractivity contribution in [2.45, 2.75) is 64.0 Å². The number of unbranched alkanes of at least 4 members (excludes halogenated alkanes) is 1. The molecule has 11 N–H and O–H groups in total. The lowest BCUT2D eigenvalue weighted by Gasteiger charge is -2.25. The van der Waals surface area contributed by atoms with Crippen LogP contribution in [0.1, 0.15) is 51.9 Å². The number of rotatable bonds is 17. The second-order valence-corrected chi connectivity index (χ2v) is 8.52. The molecule has 1 aliphatic rings. The molecule has 10 nitrogen and oxygen atoms in total. The van der Waals surface area contributed by atoms with E-state index >= 15 is 0 Å². The van der Waals surface area contributed by atoms with Crippen molar-refractivity contribution in [2.24, 2.45) is 33.8 Å². The molecular formula is C23H44N8O2. The molecule has 188 valence electrons. The molecule has 0 heterocycles. The Labute approximate surface area is 198 Å². The van der Waals surface area contributed by atoms with Crippen LogP contribution in [0.5, 0.6) is 0 Å². The van der Waals surface area contributed by atoms with E-state index in [4.69, 9.17) is 22.9 Å². The lowest BCUT2D eigenvalue weighted by molar-refractivity contribution is -0.129. The van der Waals surface area contributed by atoms with Crippen molar-refractivity contribution in [3.63, 3.8) is 0 Å². The summed E-state index contributed by atoms with van der Waals surface area (Å²) in [5.74, 6) is -0.199. The molecule has 0 aromatic rings. The third-order valence-corrected chi connectivity index (χ3v) is 5.58. The first-order chi connectivity index (χ1) is 15.8. The molecule has 33 heavy (non-hydrogen) atoms. The Kier molecular flexibility index (Phi) is 14.8. The van der Waals surface area contributed by atoms with Crippen LogP contribution in [0.25, 0.3) is 0 Å². The highest BCUT2D eigenvalue weighted by Crippen LogP contribution is 2.24. The molecule has 0 spiro atoms. The van der Waals surface area contributed by atoms with Gasteiger partial charge in [-0.1, -0.05) is 30.7 Å². The quantitative estimate of drug-likeness (QED) is 0.0866. The number of nitrogens with one attached hydrogen (secondary N) is 3. The van der Waals surface area contributed by atoms with Gasteiger partial charge in [0.2, 0.25) is 11.8 Å². The molecule has 1 rings (SSSR count). The SMILES string of the molecule is C[C@H]1CC=CC=C1CC(NC(=O)C(N)CCCN=C(N)N)C(=O)NCCCNCCCCN. The van der Waals surface area contributed by atoms with Gasteiger partial charge in [0.05, 0.1) is 6.04 Å². The summed E-state index contributed by atoms with van der Waals surface area (Å²) in [6, 6.07) is -1.40. The van der Waals surface area contributed by atoms with Crippen LogP contribution in [0.15, 0.2) is 28.8 Å². The molecule has 0 saturated carbocycles. The summed E-state index contributed by atoms with van der Waals surface area (Å²) in [7, 11) is 0. The highest BCUT2D eigenvalue weighted by atomic mass is 16.2. The second kappa shape index (κ2) is 17.1. The minimum absolute atomic E-state index is 0.0134. The molecule has 3 atom stereocenters. The van der Waals surface area contributed by atoms with E-state index in [1.54, 1.807) is 0 Å². The van der Waals surface area contributed by atoms with Gasteiger partial charge in [0.1, 0.15) is 6.04 Å². The van der Waals surface area contributed by atoms with Crippen molar-refractivity contribution in [3.05, 3.63) is 23.8 Å². The summed E-state index contributed by atoms with van der Waals surface area (Å²) < 4.78 is 0. The minimum Gasteiger partial charge on any atom is -0.370 e. The fourth-order valence-corrected chi connectivity index (χ4v) is 3.50. The predicted octanol–water partition coefficient (Wildman–Crippen LogP) is -0.401. The van der Waals surface area contributed by atoms with Gasteiger partial charge >= 0.3 is 0 Å². The maximum atomic E-state index is 12.9. The van der Waals surface area contributed by atoms with Crippen LogP contribution in [0, 0.1) is 5.92 Å². The number of nitrogens with zero attached hydrogens (tertiary/aromatic N) is 1. The summed E-state index contributed by atoms with van der Waals surface area (Å²) in [5, 5.41) is 9.15. The van der Waals surface area contributed by atoms with E-state index in [0.29, 0.717) is 44.8 Å². The van der Waals surface area contributed by atoms with Crippen LogP contribution >= 0.6 is 0 Å². The zero-order valence-corrected chi connectivity index (χ0v) is 20.0. The Bertz CT molecular complexity index is 673. The van der Waals surface area contributed by atoms with Crippen LogP contribution in [0.4, 0.5) is 0 Å². The van der Waals surface area contributed by atoms with Crippen LogP contribution in [0.3, 0.4) is 0 Å². The maximum Gasteiger partial charge on any atom is 0.242 e. The molecule has 0 aromatic carbocycles. The van der Waals surface area contributed by atoms with Gasteiger partial charge in [-0.25, -0.2) is 0 Å². The van der Waals surface area contributed by atoms with E-state index < -0.39 is 12.1 Å². The predicted molar refractivity (Wildman–Crippen MR) is 134 cm³/mol. The Morgan fingerprint density at radius 2 is 1.88 bits per heavy atom. The van der Waals surface area contributed by atoms with Crippen LogP contribution in [-0.2, 0) is 9.59 Å². The summed E-state index contributed by atoms with van der Waals surface area (Å²) >= 11 is 0. The van der Waals surface area contributed by atoms with Crippen LogP contribution in [0.2, 0.25) is 0 Å². The topological polar surface area (TPSA) is 187 Å². The van der Waals surface area contributed by atoms with Gasteiger partial charge in [-0.15, -0.1) is 0 Å². The summed E-state index contributed by atoms with van der Waals surface area (Å²) in [5.41, 5.74) is 23.3. The van der Waals surface area contributed by atoms with Crippen molar-refractivity contribution in [2.75, 3.05) is 32.7 Å². The van der Waals surface area contributed by atoms with Crippen molar-refractivity contribution in [1.82, 2.24) is 16.0 Å². The van der Waals surface area contributed by atoms with E-state index in [0.717, 1.165) is 44.3 Å². The third-order valence-electron chi connectivity index (χ3n) is 5.58. The van der Waals surface area contributed by atoms with E-state index in [1.165, 1.54) is 0 Å². The van der Waals surface area contributed by atoms with Gasteiger partial charge in [-0.3, -0.25) is 14.6 Å². The van der Waals surface area contributed by atoms with E-state index in [2.05, 4.69) is 33.9 Å². The van der Waals surface area contributed by atoms with Gasteiger partial charge in [0, 0.05) is 13.1 Å². The molecule has 0 bridgehead atoms. The minimum atomic E-state index is -0.732. The molecule has 10 heteroatoms. The fourth-order valence-electron chi connectivity index (χ4n) is 3.50. The molecule has 0 radical (unpaired) electrons. The first-order valence-corrected chi connectivity index (χ1v) is 12.0. The Balaban J connectivity index is 2.57. The summed E-state index contributed by atoms with van der Waals surface area (Å²) in [4.78, 5) is 29.5. The monoisotopic (exact) mass is 464 g/mol. The molecule has 2 amide bonds. The van der Waals surface area contributed by atoms with Crippen molar-refractivity contribution in [3.8, 4) is 0 Å². The zero-order valence-electron chi connectivity index (χ0n) is 20.0. The number of carbonyl (C=O) groups is 2. The summed E-state index contributed by atoms with van der Waals surface area (Å²) in [6.07, 6.45) is 11.4. The normalized spacial score (nSPS) is 17.1. The maximum absolute atomic E-state index is 12.9.